The molecule has 0 N–H and O–H groups in total. The molecule has 1 atom stereocenters. The SMILES string of the molecule is COC(=O)c1ccc([C@@H](CCc2ccccc2)CC(C)=O)c(-c2ccc(C)cn2)c1. The third-order valence-corrected chi connectivity index (χ3v) is 5.26. The number of aromatic nitrogens is 1. The monoisotopic (exact) mass is 401 g/mol. The molecule has 154 valence electrons. The van der Waals surface area contributed by atoms with Gasteiger partial charge in [-0.3, -0.25) is 4.98 Å². The standard InChI is InChI=1S/C26H27NO3/c1-18-9-14-25(27-17-18)24-16-22(26(29)30-3)12-13-23(24)21(15-19(2)28)11-10-20-7-5-4-6-8-20/h4-9,12-14,16-17,21H,10-11,15H2,1-3H3/t21-/m0/s1. The van der Waals surface area contributed by atoms with Crippen LogP contribution in [-0.4, -0.2) is 23.8 Å². The Morgan fingerprint density at radius 3 is 2.43 bits per heavy atom. The van der Waals surface area contributed by atoms with Crippen LogP contribution in [0.1, 0.15) is 52.7 Å². The second kappa shape index (κ2) is 9.97. The third-order valence-electron chi connectivity index (χ3n) is 5.26. The maximum atomic E-state index is 12.1. The number of rotatable bonds is 8. The van der Waals surface area contributed by atoms with E-state index >= 15 is 0 Å². The first-order chi connectivity index (χ1) is 14.5. The maximum Gasteiger partial charge on any atom is 0.337 e. The highest BCUT2D eigenvalue weighted by molar-refractivity contribution is 5.91. The van der Waals surface area contributed by atoms with Crippen molar-refractivity contribution in [2.75, 3.05) is 7.11 Å². The van der Waals surface area contributed by atoms with E-state index in [0.717, 1.165) is 35.2 Å². The summed E-state index contributed by atoms with van der Waals surface area (Å²) in [5.74, 6) is -0.206. The number of benzene rings is 2. The Morgan fingerprint density at radius 2 is 1.80 bits per heavy atom. The molecular formula is C26H27NO3. The number of carbonyl (C=O) groups is 2. The van der Waals surface area contributed by atoms with Crippen LogP contribution in [0.15, 0.2) is 66.9 Å². The van der Waals surface area contributed by atoms with Crippen molar-refractivity contribution in [3.05, 3.63) is 89.1 Å². The highest BCUT2D eigenvalue weighted by Crippen LogP contribution is 2.34. The zero-order valence-electron chi connectivity index (χ0n) is 17.7. The third kappa shape index (κ3) is 5.41. The molecule has 0 aliphatic carbocycles. The molecule has 30 heavy (non-hydrogen) atoms. The van der Waals surface area contributed by atoms with E-state index in [2.05, 4.69) is 17.1 Å². The molecule has 0 unspecified atom stereocenters. The molecule has 1 aromatic heterocycles. The van der Waals surface area contributed by atoms with Crippen molar-refractivity contribution in [1.82, 2.24) is 4.98 Å². The van der Waals surface area contributed by atoms with Crippen LogP contribution >= 0.6 is 0 Å². The fourth-order valence-corrected chi connectivity index (χ4v) is 3.71. The molecule has 0 saturated heterocycles. The van der Waals surface area contributed by atoms with Gasteiger partial charge < -0.3 is 9.53 Å². The van der Waals surface area contributed by atoms with Gasteiger partial charge in [0.15, 0.2) is 0 Å². The summed E-state index contributed by atoms with van der Waals surface area (Å²) in [6.07, 6.45) is 3.97. The maximum absolute atomic E-state index is 12.1. The lowest BCUT2D eigenvalue weighted by Gasteiger charge is -2.20. The Morgan fingerprint density at radius 1 is 1.03 bits per heavy atom. The molecule has 3 rings (SSSR count). The van der Waals surface area contributed by atoms with Crippen molar-refractivity contribution >= 4 is 11.8 Å². The first-order valence-electron chi connectivity index (χ1n) is 10.2. The highest BCUT2D eigenvalue weighted by atomic mass is 16.5. The molecule has 0 saturated carbocycles. The smallest absolute Gasteiger partial charge is 0.337 e. The van der Waals surface area contributed by atoms with Crippen LogP contribution in [0.25, 0.3) is 11.3 Å². The fourth-order valence-electron chi connectivity index (χ4n) is 3.71. The molecule has 0 aliphatic rings. The summed E-state index contributed by atoms with van der Waals surface area (Å²) in [4.78, 5) is 28.8. The molecule has 3 aromatic rings. The summed E-state index contributed by atoms with van der Waals surface area (Å²) in [5.41, 5.74) is 5.47. The van der Waals surface area contributed by atoms with Crippen molar-refractivity contribution in [2.45, 2.75) is 39.0 Å². The first-order valence-corrected chi connectivity index (χ1v) is 10.2. The van der Waals surface area contributed by atoms with Gasteiger partial charge in [-0.1, -0.05) is 42.5 Å². The molecule has 0 spiro atoms. The van der Waals surface area contributed by atoms with Gasteiger partial charge in [-0.2, -0.15) is 0 Å². The molecule has 4 nitrogen and oxygen atoms in total. The minimum Gasteiger partial charge on any atom is -0.465 e. The summed E-state index contributed by atoms with van der Waals surface area (Å²) in [6.45, 7) is 3.61. The Balaban J connectivity index is 2.02. The second-order valence-corrected chi connectivity index (χ2v) is 7.64. The number of carbonyl (C=O) groups excluding carboxylic acids is 2. The summed E-state index contributed by atoms with van der Waals surface area (Å²) in [7, 11) is 1.37. The average Bonchev–Trinajstić information content (AvgIpc) is 2.76. The van der Waals surface area contributed by atoms with Gasteiger partial charge in [-0.25, -0.2) is 4.79 Å². The predicted molar refractivity (Wildman–Crippen MR) is 119 cm³/mol. The lowest BCUT2D eigenvalue weighted by molar-refractivity contribution is -0.117. The van der Waals surface area contributed by atoms with Crippen molar-refractivity contribution in [2.24, 2.45) is 0 Å². The van der Waals surface area contributed by atoms with Gasteiger partial charge in [-0.05, 0) is 67.5 Å². The highest BCUT2D eigenvalue weighted by Gasteiger charge is 2.21. The number of pyridine rings is 1. The van der Waals surface area contributed by atoms with Crippen LogP contribution in [0.5, 0.6) is 0 Å². The zero-order chi connectivity index (χ0) is 21.5. The van der Waals surface area contributed by atoms with Crippen molar-refractivity contribution in [3.8, 4) is 11.3 Å². The molecule has 0 fully saturated rings. The van der Waals surface area contributed by atoms with Gasteiger partial charge >= 0.3 is 5.97 Å². The van der Waals surface area contributed by atoms with Gasteiger partial charge in [0.1, 0.15) is 5.78 Å². The largest absolute Gasteiger partial charge is 0.465 e. The topological polar surface area (TPSA) is 56.3 Å². The Labute approximate surface area is 177 Å². The van der Waals surface area contributed by atoms with E-state index in [1.54, 1.807) is 13.0 Å². The van der Waals surface area contributed by atoms with Crippen LogP contribution in [0.4, 0.5) is 0 Å². The summed E-state index contributed by atoms with van der Waals surface area (Å²) in [6, 6.07) is 19.8. The number of nitrogens with zero attached hydrogens (tertiary/aromatic N) is 1. The van der Waals surface area contributed by atoms with Crippen molar-refractivity contribution in [3.63, 3.8) is 0 Å². The number of Topliss-reactive ketones (excluding diaryl/α,β-unsaturated/α-hetero) is 1. The van der Waals surface area contributed by atoms with E-state index in [1.807, 2.05) is 55.6 Å². The van der Waals surface area contributed by atoms with E-state index in [4.69, 9.17) is 4.74 Å². The number of aryl methyl sites for hydroxylation is 2. The lowest BCUT2D eigenvalue weighted by atomic mass is 9.84. The first kappa shape index (κ1) is 21.4. The number of ether oxygens (including phenoxy) is 1. The van der Waals surface area contributed by atoms with Gasteiger partial charge in [0.05, 0.1) is 18.4 Å². The van der Waals surface area contributed by atoms with E-state index in [9.17, 15) is 9.59 Å². The van der Waals surface area contributed by atoms with Gasteiger partial charge in [-0.15, -0.1) is 0 Å². The molecule has 4 heteroatoms. The lowest BCUT2D eigenvalue weighted by Crippen LogP contribution is -2.10. The fraction of sp³-hybridized carbons (Fsp3) is 0.269. The number of methoxy groups -OCH3 is 1. The second-order valence-electron chi connectivity index (χ2n) is 7.64. The molecule has 2 aromatic carbocycles. The summed E-state index contributed by atoms with van der Waals surface area (Å²) < 4.78 is 4.90. The van der Waals surface area contributed by atoms with Crippen LogP contribution in [0, 0.1) is 6.92 Å². The quantitative estimate of drug-likeness (QED) is 0.465. The molecule has 1 heterocycles. The van der Waals surface area contributed by atoms with Crippen LogP contribution in [0.2, 0.25) is 0 Å². The van der Waals surface area contributed by atoms with Gasteiger partial charge in [0, 0.05) is 18.2 Å². The van der Waals surface area contributed by atoms with E-state index in [1.165, 1.54) is 12.7 Å². The molecule has 0 aliphatic heterocycles. The van der Waals surface area contributed by atoms with Crippen molar-refractivity contribution in [1.29, 1.82) is 0 Å². The van der Waals surface area contributed by atoms with Gasteiger partial charge in [0.25, 0.3) is 0 Å². The predicted octanol–water partition coefficient (Wildman–Crippen LogP) is 5.54. The Bertz CT molecular complexity index is 1010. The molecular weight excluding hydrogens is 374 g/mol. The number of hydrogen-bond donors (Lipinski definition) is 0. The van der Waals surface area contributed by atoms with E-state index in [0.29, 0.717) is 12.0 Å². The van der Waals surface area contributed by atoms with Gasteiger partial charge in [0.2, 0.25) is 0 Å². The number of esters is 1. The van der Waals surface area contributed by atoms with Crippen LogP contribution < -0.4 is 0 Å². The van der Waals surface area contributed by atoms with Crippen LogP contribution in [0.3, 0.4) is 0 Å². The Hall–Kier alpha value is -3.27. The average molecular weight is 402 g/mol. The molecule has 0 radical (unpaired) electrons. The number of hydrogen-bond acceptors (Lipinski definition) is 4. The number of ketones is 1. The Kier molecular flexibility index (Phi) is 7.12. The van der Waals surface area contributed by atoms with Crippen molar-refractivity contribution < 1.29 is 14.3 Å². The van der Waals surface area contributed by atoms with E-state index < -0.39 is 0 Å². The molecule has 0 bridgehead atoms. The minimum atomic E-state index is -0.387. The summed E-state index contributed by atoms with van der Waals surface area (Å²) >= 11 is 0. The summed E-state index contributed by atoms with van der Waals surface area (Å²) in [5, 5.41) is 0. The van der Waals surface area contributed by atoms with E-state index in [-0.39, 0.29) is 17.7 Å². The minimum absolute atomic E-state index is 0.0347. The molecule has 0 amide bonds. The van der Waals surface area contributed by atoms with Crippen LogP contribution in [-0.2, 0) is 16.0 Å². The zero-order valence-corrected chi connectivity index (χ0v) is 17.7. The normalized spacial score (nSPS) is 11.7.